The Morgan fingerprint density at radius 2 is 2.09 bits per heavy atom. The maximum atomic E-state index is 12.1. The van der Waals surface area contributed by atoms with Gasteiger partial charge in [-0.15, -0.1) is 5.06 Å². The van der Waals surface area contributed by atoms with Crippen molar-refractivity contribution >= 4 is 18.2 Å². The van der Waals surface area contributed by atoms with Crippen molar-refractivity contribution in [3.8, 4) is 0 Å². The van der Waals surface area contributed by atoms with Crippen LogP contribution in [0, 0.1) is 5.92 Å². The van der Waals surface area contributed by atoms with Gasteiger partial charge >= 0.3 is 5.97 Å². The number of hydroxylamine groups is 2. The van der Waals surface area contributed by atoms with E-state index in [4.69, 9.17) is 4.84 Å². The summed E-state index contributed by atoms with van der Waals surface area (Å²) in [5.74, 6) is -0.847. The van der Waals surface area contributed by atoms with Gasteiger partial charge in [-0.2, -0.15) is 0 Å². The van der Waals surface area contributed by atoms with E-state index in [2.05, 4.69) is 18.7 Å². The molecule has 1 saturated heterocycles. The van der Waals surface area contributed by atoms with Crippen LogP contribution in [-0.4, -0.2) is 47.8 Å². The average Bonchev–Trinajstić information content (AvgIpc) is 2.79. The van der Waals surface area contributed by atoms with Crippen molar-refractivity contribution in [1.29, 1.82) is 0 Å². The molecule has 2 unspecified atom stereocenters. The summed E-state index contributed by atoms with van der Waals surface area (Å²) in [5.41, 5.74) is 0.507. The minimum Gasteiger partial charge on any atom is -0.332 e. The highest BCUT2D eigenvalue weighted by Gasteiger charge is 2.30. The second-order valence-corrected chi connectivity index (χ2v) is 6.13. The number of amides is 1. The van der Waals surface area contributed by atoms with Gasteiger partial charge in [-0.25, -0.2) is 4.79 Å². The largest absolute Gasteiger partial charge is 0.346 e. The topological polar surface area (TPSA) is 66.9 Å². The van der Waals surface area contributed by atoms with Gasteiger partial charge in [-0.05, 0) is 39.2 Å². The Morgan fingerprint density at radius 3 is 2.70 bits per heavy atom. The minimum absolute atomic E-state index is 0.00230. The normalized spacial score (nSPS) is 26.8. The first-order chi connectivity index (χ1) is 11.0. The smallest absolute Gasteiger partial charge is 0.332 e. The van der Waals surface area contributed by atoms with Gasteiger partial charge in [-0.3, -0.25) is 9.69 Å². The molecule has 0 bridgehead atoms. The van der Waals surface area contributed by atoms with Gasteiger partial charge in [0.25, 0.3) is 5.91 Å². The predicted molar refractivity (Wildman–Crippen MR) is 84.9 cm³/mol. The van der Waals surface area contributed by atoms with Crippen molar-refractivity contribution in [3.63, 3.8) is 0 Å². The lowest BCUT2D eigenvalue weighted by Gasteiger charge is -2.32. The van der Waals surface area contributed by atoms with Crippen LogP contribution >= 0.6 is 0 Å². The van der Waals surface area contributed by atoms with Crippen molar-refractivity contribution in [2.75, 3.05) is 13.6 Å². The van der Waals surface area contributed by atoms with Crippen LogP contribution in [0.3, 0.4) is 0 Å². The molecule has 0 radical (unpaired) electrons. The van der Waals surface area contributed by atoms with E-state index in [1.165, 1.54) is 0 Å². The van der Waals surface area contributed by atoms with E-state index in [1.54, 1.807) is 0 Å². The van der Waals surface area contributed by atoms with Gasteiger partial charge in [-0.1, -0.05) is 18.7 Å². The summed E-state index contributed by atoms with van der Waals surface area (Å²) in [7, 11) is 1.81. The lowest BCUT2D eigenvalue weighted by molar-refractivity contribution is -0.187. The third kappa shape index (κ3) is 4.51. The van der Waals surface area contributed by atoms with Gasteiger partial charge in [0.05, 0.1) is 12.2 Å². The highest BCUT2D eigenvalue weighted by atomic mass is 16.7. The number of allylic oxidation sites excluding steroid dienone is 3. The highest BCUT2D eigenvalue weighted by molar-refractivity contribution is 5.82. The van der Waals surface area contributed by atoms with Crippen molar-refractivity contribution in [2.45, 2.75) is 44.6 Å². The van der Waals surface area contributed by atoms with Crippen LogP contribution in [0.2, 0.25) is 0 Å². The number of carbonyl (C=O) groups is 3. The fourth-order valence-corrected chi connectivity index (χ4v) is 3.10. The number of aldehydes is 1. The molecule has 1 fully saturated rings. The maximum Gasteiger partial charge on any atom is 0.346 e. The van der Waals surface area contributed by atoms with Crippen LogP contribution in [-0.2, 0) is 19.2 Å². The Balaban J connectivity index is 1.93. The van der Waals surface area contributed by atoms with Crippen molar-refractivity contribution in [3.05, 3.63) is 24.4 Å². The summed E-state index contributed by atoms with van der Waals surface area (Å²) in [6.07, 6.45) is 9.41. The zero-order valence-corrected chi connectivity index (χ0v) is 13.6. The standard InChI is InChI=1S/C17H24N2O4/c1-13-9-10-16(21)19(13)23-17(22)11-18(2)15-8-6-4-3-5-7-14(15)12-20/h3-4,12,14-15H,1,5-11H2,2H3/b4-3+. The first-order valence-corrected chi connectivity index (χ1v) is 8.05. The molecule has 0 aromatic heterocycles. The van der Waals surface area contributed by atoms with Crippen LogP contribution in [0.15, 0.2) is 24.4 Å². The predicted octanol–water partition coefficient (Wildman–Crippen LogP) is 1.83. The molecule has 1 aliphatic carbocycles. The molecule has 1 aliphatic heterocycles. The van der Waals surface area contributed by atoms with E-state index >= 15 is 0 Å². The van der Waals surface area contributed by atoms with Crippen molar-refractivity contribution in [1.82, 2.24) is 9.96 Å². The summed E-state index contributed by atoms with van der Waals surface area (Å²) in [6, 6.07) is 0.00230. The molecule has 1 amide bonds. The first-order valence-electron chi connectivity index (χ1n) is 8.05. The van der Waals surface area contributed by atoms with Gasteiger partial charge in [0.15, 0.2) is 0 Å². The number of rotatable bonds is 5. The SMILES string of the molecule is C=C1CCC(=O)N1OC(=O)CN(C)C1CC/C=C/CCC1C=O. The molecule has 2 atom stereocenters. The minimum atomic E-state index is -0.508. The fourth-order valence-electron chi connectivity index (χ4n) is 3.10. The lowest BCUT2D eigenvalue weighted by Crippen LogP contribution is -2.43. The number of hydrogen-bond acceptors (Lipinski definition) is 5. The number of nitrogens with zero attached hydrogens (tertiary/aromatic N) is 2. The fraction of sp³-hybridized carbons (Fsp3) is 0.588. The molecule has 2 aliphatic rings. The van der Waals surface area contributed by atoms with E-state index in [0.29, 0.717) is 18.5 Å². The van der Waals surface area contributed by atoms with Gasteiger partial charge in [0, 0.05) is 18.4 Å². The monoisotopic (exact) mass is 320 g/mol. The zero-order valence-electron chi connectivity index (χ0n) is 13.6. The van der Waals surface area contributed by atoms with Gasteiger partial charge in [0.2, 0.25) is 0 Å². The molecule has 2 rings (SSSR count). The van der Waals surface area contributed by atoms with E-state index in [9.17, 15) is 14.4 Å². The molecule has 0 aromatic carbocycles. The third-order valence-electron chi connectivity index (χ3n) is 4.41. The molecular weight excluding hydrogens is 296 g/mol. The van der Waals surface area contributed by atoms with Crippen LogP contribution in [0.1, 0.15) is 38.5 Å². The van der Waals surface area contributed by atoms with Crippen LogP contribution in [0.25, 0.3) is 0 Å². The molecule has 23 heavy (non-hydrogen) atoms. The number of hydrogen-bond donors (Lipinski definition) is 0. The molecule has 6 heteroatoms. The number of likely N-dealkylation sites (N-methyl/N-ethyl adjacent to an activating group) is 1. The first kappa shape index (κ1) is 17.4. The van der Waals surface area contributed by atoms with Crippen molar-refractivity contribution < 1.29 is 19.2 Å². The maximum absolute atomic E-state index is 12.1. The third-order valence-corrected chi connectivity index (χ3v) is 4.41. The van der Waals surface area contributed by atoms with Crippen LogP contribution in [0.5, 0.6) is 0 Å². The molecule has 1 heterocycles. The van der Waals surface area contributed by atoms with E-state index in [0.717, 1.165) is 37.0 Å². The molecule has 0 spiro atoms. The highest BCUT2D eigenvalue weighted by Crippen LogP contribution is 2.23. The van der Waals surface area contributed by atoms with E-state index < -0.39 is 5.97 Å². The Morgan fingerprint density at radius 1 is 1.39 bits per heavy atom. The number of carbonyl (C=O) groups excluding carboxylic acids is 3. The van der Waals surface area contributed by atoms with E-state index in [-0.39, 0.29) is 24.4 Å². The Hall–Kier alpha value is -1.95. The molecule has 0 aromatic rings. The Kier molecular flexibility index (Phi) is 6.10. The summed E-state index contributed by atoms with van der Waals surface area (Å²) in [6.45, 7) is 3.75. The van der Waals surface area contributed by atoms with Crippen molar-refractivity contribution in [2.24, 2.45) is 5.92 Å². The Bertz CT molecular complexity index is 499. The molecule has 126 valence electrons. The summed E-state index contributed by atoms with van der Waals surface area (Å²) >= 11 is 0. The molecular formula is C17H24N2O4. The molecule has 6 nitrogen and oxygen atoms in total. The second kappa shape index (κ2) is 8.06. The van der Waals surface area contributed by atoms with Crippen LogP contribution in [0.4, 0.5) is 0 Å². The average molecular weight is 320 g/mol. The Labute approximate surface area is 136 Å². The second-order valence-electron chi connectivity index (χ2n) is 6.13. The summed E-state index contributed by atoms with van der Waals surface area (Å²) < 4.78 is 0. The zero-order chi connectivity index (χ0) is 16.8. The summed E-state index contributed by atoms with van der Waals surface area (Å²) in [5, 5.41) is 0.994. The van der Waals surface area contributed by atoms with Crippen LogP contribution < -0.4 is 0 Å². The molecule has 0 saturated carbocycles. The van der Waals surface area contributed by atoms with Gasteiger partial charge < -0.3 is 9.63 Å². The van der Waals surface area contributed by atoms with E-state index in [1.807, 2.05) is 11.9 Å². The summed E-state index contributed by atoms with van der Waals surface area (Å²) in [4.78, 5) is 42.0. The molecule has 0 N–H and O–H groups in total. The lowest BCUT2D eigenvalue weighted by atomic mass is 9.89. The van der Waals surface area contributed by atoms with Gasteiger partial charge in [0.1, 0.15) is 6.29 Å². The quantitative estimate of drug-likeness (QED) is 0.571.